The molecule has 182 valence electrons. The number of amides is 1. The number of hydrogen-bond acceptors (Lipinski definition) is 9. The highest BCUT2D eigenvalue weighted by Crippen LogP contribution is 2.57. The lowest BCUT2D eigenvalue weighted by molar-refractivity contribution is -0.152. The van der Waals surface area contributed by atoms with E-state index in [1.165, 1.54) is 6.92 Å². The smallest absolute Gasteiger partial charge is 0.255 e. The van der Waals surface area contributed by atoms with E-state index >= 15 is 0 Å². The van der Waals surface area contributed by atoms with E-state index in [0.717, 1.165) is 0 Å². The zero-order valence-electron chi connectivity index (χ0n) is 19.1. The lowest BCUT2D eigenvalue weighted by Crippen LogP contribution is -2.60. The summed E-state index contributed by atoms with van der Waals surface area (Å²) in [5.74, 6) is -7.61. The van der Waals surface area contributed by atoms with E-state index in [1.807, 2.05) is 18.7 Å². The van der Waals surface area contributed by atoms with Crippen molar-refractivity contribution in [2.45, 2.75) is 44.8 Å². The zero-order valence-corrected chi connectivity index (χ0v) is 19.1. The van der Waals surface area contributed by atoms with Gasteiger partial charge in [0.25, 0.3) is 5.91 Å². The summed E-state index contributed by atoms with van der Waals surface area (Å²) in [6, 6.07) is 3.18. The maximum absolute atomic E-state index is 13.6. The minimum atomic E-state index is -2.68. The fraction of sp³-hybridized carbons (Fsp3) is 0.458. The Morgan fingerprint density at radius 2 is 1.76 bits per heavy atom. The highest BCUT2D eigenvalue weighted by Gasteiger charge is 2.63. The average molecular weight is 472 g/mol. The normalized spacial score (nSPS) is 30.6. The Bertz CT molecular complexity index is 1190. The number of benzene rings is 1. The highest BCUT2D eigenvalue weighted by atomic mass is 16.3. The summed E-state index contributed by atoms with van der Waals surface area (Å²) in [5, 5.41) is 55.8. The van der Waals surface area contributed by atoms with E-state index < -0.39 is 69.6 Å². The van der Waals surface area contributed by atoms with Gasteiger partial charge >= 0.3 is 0 Å². The van der Waals surface area contributed by atoms with Crippen LogP contribution in [0.5, 0.6) is 5.75 Å². The van der Waals surface area contributed by atoms with Gasteiger partial charge in [-0.15, -0.1) is 0 Å². The van der Waals surface area contributed by atoms with E-state index in [-0.39, 0.29) is 23.3 Å². The van der Waals surface area contributed by atoms with Crippen molar-refractivity contribution in [1.29, 1.82) is 0 Å². The number of aromatic hydroxyl groups is 1. The first-order valence-electron chi connectivity index (χ1n) is 11.1. The lowest BCUT2D eigenvalue weighted by atomic mass is 9.56. The molecule has 1 amide bonds. The third-order valence-corrected chi connectivity index (χ3v) is 7.58. The van der Waals surface area contributed by atoms with E-state index in [1.54, 1.807) is 12.1 Å². The van der Waals surface area contributed by atoms with E-state index in [2.05, 4.69) is 0 Å². The summed E-state index contributed by atoms with van der Waals surface area (Å²) in [5.41, 5.74) is -0.0964. The molecule has 10 heteroatoms. The van der Waals surface area contributed by atoms with Crippen molar-refractivity contribution in [3.63, 3.8) is 0 Å². The fourth-order valence-corrected chi connectivity index (χ4v) is 5.72. The molecule has 1 aromatic rings. The van der Waals surface area contributed by atoms with Gasteiger partial charge < -0.3 is 36.2 Å². The van der Waals surface area contributed by atoms with Crippen LogP contribution in [0.3, 0.4) is 0 Å². The van der Waals surface area contributed by atoms with Gasteiger partial charge in [-0.3, -0.25) is 14.4 Å². The SMILES string of the molecule is CCN(CC)c1ccc2c(c1O)C(O)=C1C(=O)[C@]3(O)C(O)=C(C(N)=O)C(=O)C[C@@H]3C[C@@H]1[C@@]2(C)O. The maximum atomic E-state index is 13.6. The third-order valence-electron chi connectivity index (χ3n) is 7.58. The Kier molecular flexibility index (Phi) is 5.30. The van der Waals surface area contributed by atoms with Crippen molar-refractivity contribution >= 4 is 28.9 Å². The number of anilines is 1. The van der Waals surface area contributed by atoms with Gasteiger partial charge in [0, 0.05) is 36.9 Å². The molecule has 10 nitrogen and oxygen atoms in total. The summed E-state index contributed by atoms with van der Waals surface area (Å²) in [6.07, 6.45) is -0.612. The maximum Gasteiger partial charge on any atom is 0.255 e. The number of primary amides is 1. The Morgan fingerprint density at radius 1 is 1.15 bits per heavy atom. The Balaban J connectivity index is 1.99. The third kappa shape index (κ3) is 2.85. The number of Topliss-reactive ketones (excluding diaryl/α,β-unsaturated/α-hetero) is 2. The minimum Gasteiger partial charge on any atom is -0.508 e. The van der Waals surface area contributed by atoms with Crippen LogP contribution >= 0.6 is 0 Å². The second-order valence-electron chi connectivity index (χ2n) is 9.23. The van der Waals surface area contributed by atoms with Crippen molar-refractivity contribution in [2.75, 3.05) is 18.0 Å². The first-order chi connectivity index (χ1) is 15.8. The summed E-state index contributed by atoms with van der Waals surface area (Å²) >= 11 is 0. The Morgan fingerprint density at radius 3 is 2.32 bits per heavy atom. The van der Waals surface area contributed by atoms with Gasteiger partial charge in [0.2, 0.25) is 5.78 Å². The van der Waals surface area contributed by atoms with Crippen molar-refractivity contribution in [1.82, 2.24) is 0 Å². The predicted octanol–water partition coefficient (Wildman–Crippen LogP) is 0.935. The molecule has 0 heterocycles. The van der Waals surface area contributed by atoms with Crippen LogP contribution in [0.2, 0.25) is 0 Å². The number of rotatable bonds is 4. The molecule has 7 N–H and O–H groups in total. The highest BCUT2D eigenvalue weighted by molar-refractivity contribution is 6.22. The molecule has 4 atom stereocenters. The molecule has 4 rings (SSSR count). The molecule has 3 aliphatic rings. The molecule has 1 fully saturated rings. The standard InChI is InChI=1S/C24H28N2O8/c1-4-26(5-2)13-7-6-11-15(18(13)28)19(29)16-12(23(11,3)33)8-10-9-14(27)17(22(25)32)21(31)24(10,34)20(16)30/h6-7,10,12,28-29,31,33-34H,4-5,8-9H2,1-3H3,(H2,25,32)/t10-,12-,23-,24-/m0/s1. The van der Waals surface area contributed by atoms with Gasteiger partial charge in [0.1, 0.15) is 22.8 Å². The van der Waals surface area contributed by atoms with Crippen molar-refractivity contribution < 1.29 is 39.9 Å². The van der Waals surface area contributed by atoms with E-state index in [4.69, 9.17) is 5.73 Å². The molecular weight excluding hydrogens is 444 g/mol. The van der Waals surface area contributed by atoms with Crippen LogP contribution in [0.4, 0.5) is 5.69 Å². The van der Waals surface area contributed by atoms with Crippen LogP contribution in [-0.2, 0) is 20.0 Å². The monoisotopic (exact) mass is 472 g/mol. The van der Waals surface area contributed by atoms with Gasteiger partial charge in [-0.25, -0.2) is 0 Å². The molecule has 1 saturated carbocycles. The van der Waals surface area contributed by atoms with E-state index in [0.29, 0.717) is 18.8 Å². The molecular formula is C24H28N2O8. The van der Waals surface area contributed by atoms with Gasteiger partial charge in [-0.2, -0.15) is 0 Å². The molecule has 0 aliphatic heterocycles. The van der Waals surface area contributed by atoms with Crippen molar-refractivity contribution in [3.05, 3.63) is 40.2 Å². The Hall–Kier alpha value is -3.37. The molecule has 3 aliphatic carbocycles. The van der Waals surface area contributed by atoms with Crippen molar-refractivity contribution in [2.24, 2.45) is 17.6 Å². The number of hydrogen-bond donors (Lipinski definition) is 6. The lowest BCUT2D eigenvalue weighted by Gasteiger charge is -2.50. The number of carbonyl (C=O) groups is 3. The summed E-state index contributed by atoms with van der Waals surface area (Å²) in [7, 11) is 0. The number of phenolic OH excluding ortho intramolecular Hbond substituents is 1. The van der Waals surface area contributed by atoms with Crippen LogP contribution in [0, 0.1) is 11.8 Å². The largest absolute Gasteiger partial charge is 0.508 e. The predicted molar refractivity (Wildman–Crippen MR) is 121 cm³/mol. The number of phenols is 1. The molecule has 0 radical (unpaired) electrons. The first kappa shape index (κ1) is 23.8. The summed E-state index contributed by atoms with van der Waals surface area (Å²) < 4.78 is 0. The molecule has 0 aromatic heterocycles. The number of carbonyl (C=O) groups excluding carboxylic acids is 3. The molecule has 0 unspecified atom stereocenters. The Labute approximate surface area is 195 Å². The average Bonchev–Trinajstić information content (AvgIpc) is 2.76. The van der Waals surface area contributed by atoms with Gasteiger partial charge in [-0.1, -0.05) is 6.07 Å². The number of ketones is 2. The molecule has 0 bridgehead atoms. The van der Waals surface area contributed by atoms with Crippen LogP contribution < -0.4 is 10.6 Å². The number of aliphatic hydroxyl groups excluding tert-OH is 2. The second kappa shape index (κ2) is 7.57. The molecule has 0 spiro atoms. The second-order valence-corrected chi connectivity index (χ2v) is 9.23. The number of aliphatic hydroxyl groups is 4. The summed E-state index contributed by atoms with van der Waals surface area (Å²) in [4.78, 5) is 39.6. The van der Waals surface area contributed by atoms with Crippen LogP contribution in [0.1, 0.15) is 44.7 Å². The first-order valence-corrected chi connectivity index (χ1v) is 11.1. The number of fused-ring (bicyclic) bond motifs is 3. The molecule has 0 saturated heterocycles. The van der Waals surface area contributed by atoms with Crippen LogP contribution in [0.15, 0.2) is 29.0 Å². The quantitative estimate of drug-likeness (QED) is 0.347. The molecule has 1 aromatic carbocycles. The molecule has 34 heavy (non-hydrogen) atoms. The minimum absolute atomic E-state index is 0.151. The van der Waals surface area contributed by atoms with Gasteiger partial charge in [0.05, 0.1) is 16.9 Å². The van der Waals surface area contributed by atoms with Gasteiger partial charge in [0.15, 0.2) is 11.4 Å². The zero-order chi connectivity index (χ0) is 25.3. The van der Waals surface area contributed by atoms with Crippen LogP contribution in [-0.4, -0.2) is 61.7 Å². The van der Waals surface area contributed by atoms with Crippen LogP contribution in [0.25, 0.3) is 5.76 Å². The topological polar surface area (TPSA) is 182 Å². The number of nitrogens with zero attached hydrogens (tertiary/aromatic N) is 1. The van der Waals surface area contributed by atoms with E-state index in [9.17, 15) is 39.9 Å². The number of nitrogens with two attached hydrogens (primary N) is 1. The van der Waals surface area contributed by atoms with Crippen molar-refractivity contribution in [3.8, 4) is 5.75 Å². The summed E-state index contributed by atoms with van der Waals surface area (Å²) in [6.45, 7) is 6.27. The fourth-order valence-electron chi connectivity index (χ4n) is 5.72. The van der Waals surface area contributed by atoms with Gasteiger partial charge in [-0.05, 0) is 38.8 Å².